The molecule has 6 rings (SSSR count). The van der Waals surface area contributed by atoms with Crippen LogP contribution in [-0.2, 0) is 19.2 Å². The van der Waals surface area contributed by atoms with Crippen LogP contribution in [0.25, 0.3) is 0 Å². The van der Waals surface area contributed by atoms with E-state index in [1.165, 1.54) is 6.08 Å². The fourth-order valence-electron chi connectivity index (χ4n) is 6.77. The van der Waals surface area contributed by atoms with Gasteiger partial charge in [-0.15, -0.1) is 0 Å². The zero-order valence-corrected chi connectivity index (χ0v) is 20.4. The molecule has 0 radical (unpaired) electrons. The van der Waals surface area contributed by atoms with Crippen LogP contribution in [-0.4, -0.2) is 34.2 Å². The van der Waals surface area contributed by atoms with E-state index in [9.17, 15) is 14.7 Å². The van der Waals surface area contributed by atoms with Gasteiger partial charge in [0, 0.05) is 17.4 Å². The number of fused-ring (bicyclic) bond motifs is 4. The van der Waals surface area contributed by atoms with Gasteiger partial charge in [0.1, 0.15) is 11.7 Å². The maximum atomic E-state index is 13.7. The summed E-state index contributed by atoms with van der Waals surface area (Å²) in [6.45, 7) is 3.70. The van der Waals surface area contributed by atoms with Gasteiger partial charge in [0.25, 0.3) is 0 Å². The highest BCUT2D eigenvalue weighted by molar-refractivity contribution is 6.30. The normalized spacial score (nSPS) is 40.1. The van der Waals surface area contributed by atoms with E-state index in [1.54, 1.807) is 18.1 Å². The summed E-state index contributed by atoms with van der Waals surface area (Å²) < 4.78 is 6.04. The molecule has 3 fully saturated rings. The Morgan fingerprint density at radius 2 is 1.77 bits per heavy atom. The highest BCUT2D eigenvalue weighted by atomic mass is 35.5. The number of hydroxylamine groups is 1. The van der Waals surface area contributed by atoms with Gasteiger partial charge in [-0.1, -0.05) is 48.9 Å². The molecule has 35 heavy (non-hydrogen) atoms. The molecule has 1 N–H and O–H groups in total. The van der Waals surface area contributed by atoms with Gasteiger partial charge in [-0.2, -0.15) is 0 Å². The molecule has 0 bridgehead atoms. The summed E-state index contributed by atoms with van der Waals surface area (Å²) in [6, 6.07) is 17.0. The van der Waals surface area contributed by atoms with Crippen molar-refractivity contribution in [1.82, 2.24) is 0 Å². The van der Waals surface area contributed by atoms with E-state index in [-0.39, 0.29) is 23.7 Å². The van der Waals surface area contributed by atoms with Crippen molar-refractivity contribution in [2.24, 2.45) is 17.3 Å². The van der Waals surface area contributed by atoms with Gasteiger partial charge in [0.2, 0.25) is 5.60 Å². The molecule has 2 aromatic rings. The minimum Gasteiger partial charge on any atom is -0.459 e. The number of hydrogen-bond acceptors (Lipinski definition) is 6. The average Bonchev–Trinajstić information content (AvgIpc) is 3.45. The molecule has 1 saturated carbocycles. The third kappa shape index (κ3) is 2.97. The van der Waals surface area contributed by atoms with Crippen molar-refractivity contribution in [2.75, 3.05) is 5.06 Å². The predicted octanol–water partition coefficient (Wildman–Crippen LogP) is 4.81. The summed E-state index contributed by atoms with van der Waals surface area (Å²) in [5, 5.41) is 14.1. The quantitative estimate of drug-likeness (QED) is 0.605. The van der Waals surface area contributed by atoms with E-state index >= 15 is 0 Å². The molecule has 7 heteroatoms. The first-order chi connectivity index (χ1) is 16.7. The Bertz CT molecular complexity index is 1220. The Morgan fingerprint density at radius 3 is 2.49 bits per heavy atom. The van der Waals surface area contributed by atoms with Crippen LogP contribution in [0.5, 0.6) is 0 Å². The Hall–Kier alpha value is -2.67. The molecular formula is C28H28ClNO5. The fourth-order valence-corrected chi connectivity index (χ4v) is 6.90. The SMILES string of the molecule is C[C@H]1CC[C@@H]2[C@@H](OC(=O)C23C[C@H](c2ccc(Cl)cc2)N(c2ccccc2)O3)[C@]2(C)C(=O)C=C[C@@]12O. The van der Waals surface area contributed by atoms with Crippen LogP contribution in [0.3, 0.4) is 0 Å². The van der Waals surface area contributed by atoms with Crippen LogP contribution in [0.1, 0.15) is 44.7 Å². The number of rotatable bonds is 2. The van der Waals surface area contributed by atoms with Crippen molar-refractivity contribution < 1.29 is 24.3 Å². The van der Waals surface area contributed by atoms with Gasteiger partial charge in [0.05, 0.1) is 17.1 Å². The zero-order valence-electron chi connectivity index (χ0n) is 19.7. The van der Waals surface area contributed by atoms with Crippen molar-refractivity contribution >= 4 is 29.0 Å². The number of nitrogens with zero attached hydrogens (tertiary/aromatic N) is 1. The molecule has 2 saturated heterocycles. The molecule has 1 unspecified atom stereocenters. The van der Waals surface area contributed by atoms with Crippen molar-refractivity contribution in [3.63, 3.8) is 0 Å². The van der Waals surface area contributed by atoms with Crippen molar-refractivity contribution in [1.29, 1.82) is 0 Å². The first-order valence-corrected chi connectivity index (χ1v) is 12.5. The highest BCUT2D eigenvalue weighted by Crippen LogP contribution is 2.61. The number of ether oxygens (including phenoxy) is 1. The number of allylic oxidation sites excluding steroid dienone is 1. The second kappa shape index (κ2) is 7.66. The van der Waals surface area contributed by atoms with E-state index in [0.717, 1.165) is 11.3 Å². The minimum atomic E-state index is -1.37. The third-order valence-electron chi connectivity index (χ3n) is 8.91. The van der Waals surface area contributed by atoms with Gasteiger partial charge < -0.3 is 9.84 Å². The Morgan fingerprint density at radius 1 is 1.06 bits per heavy atom. The summed E-state index contributed by atoms with van der Waals surface area (Å²) in [6.07, 6.45) is 3.88. The lowest BCUT2D eigenvalue weighted by atomic mass is 9.63. The van der Waals surface area contributed by atoms with Gasteiger partial charge >= 0.3 is 5.97 Å². The second-order valence-corrected chi connectivity index (χ2v) is 11.0. The number of carbonyl (C=O) groups is 2. The highest BCUT2D eigenvalue weighted by Gasteiger charge is 2.74. The molecule has 6 nitrogen and oxygen atoms in total. The number of anilines is 1. The monoisotopic (exact) mass is 493 g/mol. The lowest BCUT2D eigenvalue weighted by Crippen LogP contribution is -2.57. The van der Waals surface area contributed by atoms with Crippen LogP contribution < -0.4 is 5.06 Å². The predicted molar refractivity (Wildman–Crippen MR) is 131 cm³/mol. The Labute approximate surface area is 209 Å². The van der Waals surface area contributed by atoms with Crippen LogP contribution in [0.2, 0.25) is 5.02 Å². The van der Waals surface area contributed by atoms with Crippen molar-refractivity contribution in [3.8, 4) is 0 Å². The molecule has 1 spiro atoms. The standard InChI is InChI=1S/C28H28ClNO5/c1-17-8-13-21-24(26(2)23(31)14-15-28(17,26)33)34-25(32)27(21)16-22(18-9-11-19(29)12-10-18)30(35-27)20-6-4-3-5-7-20/h3-7,9-12,14-15,17,21-22,24,33H,8,13,16H2,1-2H3/t17-,21+,22+,24+,26-,27?,28+/m0/s1. The summed E-state index contributed by atoms with van der Waals surface area (Å²) in [7, 11) is 0. The van der Waals surface area contributed by atoms with Crippen molar-refractivity contribution in [2.45, 2.75) is 56.5 Å². The lowest BCUT2D eigenvalue weighted by molar-refractivity contribution is -0.169. The van der Waals surface area contributed by atoms with Crippen LogP contribution in [0.15, 0.2) is 66.7 Å². The smallest absolute Gasteiger partial charge is 0.342 e. The Kier molecular flexibility index (Phi) is 4.99. The number of carbonyl (C=O) groups excluding carboxylic acids is 2. The second-order valence-electron chi connectivity index (χ2n) is 10.5. The van der Waals surface area contributed by atoms with Gasteiger partial charge in [0.15, 0.2) is 5.78 Å². The largest absolute Gasteiger partial charge is 0.459 e. The number of para-hydroxylation sites is 1. The molecule has 2 aliphatic carbocycles. The van der Waals surface area contributed by atoms with Crippen LogP contribution in [0, 0.1) is 17.3 Å². The number of aliphatic hydroxyl groups is 1. The fraction of sp³-hybridized carbons (Fsp3) is 0.429. The van der Waals surface area contributed by atoms with Crippen LogP contribution >= 0.6 is 11.6 Å². The number of hydrogen-bond donors (Lipinski definition) is 1. The zero-order chi connectivity index (χ0) is 24.6. The van der Waals surface area contributed by atoms with E-state index in [1.807, 2.05) is 61.5 Å². The number of halogens is 1. The molecule has 2 aromatic carbocycles. The van der Waals surface area contributed by atoms with E-state index in [0.29, 0.717) is 24.3 Å². The number of ketones is 1. The molecule has 182 valence electrons. The first kappa shape index (κ1) is 22.8. The Balaban J connectivity index is 1.46. The topological polar surface area (TPSA) is 76.1 Å². The third-order valence-corrected chi connectivity index (χ3v) is 9.17. The maximum absolute atomic E-state index is 13.7. The van der Waals surface area contributed by atoms with Gasteiger partial charge in [-0.05, 0) is 67.7 Å². The number of esters is 1. The molecule has 0 amide bonds. The molecule has 0 aromatic heterocycles. The van der Waals surface area contributed by atoms with E-state index < -0.39 is 28.7 Å². The molecule has 7 atom stereocenters. The maximum Gasteiger partial charge on any atom is 0.342 e. The first-order valence-electron chi connectivity index (χ1n) is 12.2. The molecular weight excluding hydrogens is 466 g/mol. The summed E-state index contributed by atoms with van der Waals surface area (Å²) in [5.41, 5.74) is -2.10. The molecule has 4 aliphatic rings. The van der Waals surface area contributed by atoms with E-state index in [4.69, 9.17) is 21.2 Å². The minimum absolute atomic E-state index is 0.171. The van der Waals surface area contributed by atoms with E-state index in [2.05, 4.69) is 0 Å². The van der Waals surface area contributed by atoms with Gasteiger partial charge in [-0.3, -0.25) is 9.63 Å². The van der Waals surface area contributed by atoms with Crippen molar-refractivity contribution in [3.05, 3.63) is 77.3 Å². The average molecular weight is 494 g/mol. The summed E-state index contributed by atoms with van der Waals surface area (Å²) in [4.78, 5) is 33.5. The van der Waals surface area contributed by atoms with Gasteiger partial charge in [-0.25, -0.2) is 9.86 Å². The lowest BCUT2D eigenvalue weighted by Gasteiger charge is -2.43. The summed E-state index contributed by atoms with van der Waals surface area (Å²) in [5.74, 6) is -1.23. The van der Waals surface area contributed by atoms with Crippen LogP contribution in [0.4, 0.5) is 5.69 Å². The molecule has 2 aliphatic heterocycles. The number of benzene rings is 2. The summed E-state index contributed by atoms with van der Waals surface area (Å²) >= 11 is 6.15. The molecule has 2 heterocycles.